The Balaban J connectivity index is 1.83. The van der Waals surface area contributed by atoms with Crippen molar-refractivity contribution in [1.82, 2.24) is 9.88 Å². The molecule has 6 heteroatoms. The predicted octanol–water partition coefficient (Wildman–Crippen LogP) is 4.06. The van der Waals surface area contributed by atoms with Gasteiger partial charge in [-0.1, -0.05) is 44.2 Å². The van der Waals surface area contributed by atoms with Crippen molar-refractivity contribution in [2.45, 2.75) is 33.2 Å². The van der Waals surface area contributed by atoms with Crippen molar-refractivity contribution in [3.8, 4) is 5.69 Å². The number of fused-ring (bicyclic) bond motifs is 1. The molecule has 1 heterocycles. The summed E-state index contributed by atoms with van der Waals surface area (Å²) in [7, 11) is 0. The van der Waals surface area contributed by atoms with Gasteiger partial charge in [0.2, 0.25) is 0 Å². The molecule has 3 aromatic rings. The lowest BCUT2D eigenvalue weighted by molar-refractivity contribution is 0.0909. The van der Waals surface area contributed by atoms with Gasteiger partial charge in [-0.25, -0.2) is 4.39 Å². The Kier molecular flexibility index (Phi) is 5.31. The maximum Gasteiger partial charge on any atom is 0.268 e. The van der Waals surface area contributed by atoms with Gasteiger partial charge in [-0.3, -0.25) is 19.0 Å². The van der Waals surface area contributed by atoms with Crippen LogP contribution in [0.15, 0.2) is 65.6 Å². The average Bonchev–Trinajstić information content (AvgIpc) is 2.72. The van der Waals surface area contributed by atoms with Crippen LogP contribution in [0.3, 0.4) is 0 Å². The van der Waals surface area contributed by atoms with E-state index in [1.807, 2.05) is 44.2 Å². The molecule has 1 aromatic heterocycles. The molecule has 0 radical (unpaired) electrons. The van der Waals surface area contributed by atoms with Crippen molar-refractivity contribution in [3.05, 3.63) is 99.2 Å². The van der Waals surface area contributed by atoms with E-state index in [0.717, 1.165) is 5.56 Å². The second kappa shape index (κ2) is 7.95. The molecule has 0 spiro atoms. The van der Waals surface area contributed by atoms with Crippen molar-refractivity contribution < 1.29 is 14.0 Å². The van der Waals surface area contributed by atoms with E-state index in [2.05, 4.69) is 5.32 Å². The highest BCUT2D eigenvalue weighted by Gasteiger charge is 2.35. The van der Waals surface area contributed by atoms with E-state index in [9.17, 15) is 18.8 Å². The molecule has 0 atom stereocenters. The minimum Gasteiger partial charge on any atom is -0.348 e. The number of Topliss-reactive ketones (excluding diaryl/α,β-unsaturated/α-hetero) is 1. The quantitative estimate of drug-likeness (QED) is 0.695. The first-order valence-corrected chi connectivity index (χ1v) is 10.1. The summed E-state index contributed by atoms with van der Waals surface area (Å²) in [4.78, 5) is 39.5. The van der Waals surface area contributed by atoms with Gasteiger partial charge < -0.3 is 5.32 Å². The van der Waals surface area contributed by atoms with Gasteiger partial charge in [-0.2, -0.15) is 0 Å². The average molecular weight is 418 g/mol. The van der Waals surface area contributed by atoms with Crippen LogP contribution in [0.25, 0.3) is 5.69 Å². The first-order chi connectivity index (χ1) is 14.7. The lowest BCUT2D eigenvalue weighted by Crippen LogP contribution is -2.38. The number of ketones is 1. The van der Waals surface area contributed by atoms with Gasteiger partial charge in [0.15, 0.2) is 5.78 Å². The second-order valence-corrected chi connectivity index (χ2v) is 8.66. The third-order valence-corrected chi connectivity index (χ3v) is 5.54. The normalized spacial score (nSPS) is 14.7. The van der Waals surface area contributed by atoms with Gasteiger partial charge in [0.05, 0.1) is 0 Å². The summed E-state index contributed by atoms with van der Waals surface area (Å²) in [5, 5.41) is 2.81. The summed E-state index contributed by atoms with van der Waals surface area (Å²) in [5.74, 6) is -1.07. The number of carbonyl (C=O) groups is 2. The molecule has 0 bridgehead atoms. The number of nitrogens with one attached hydrogen (secondary N) is 1. The molecule has 2 aromatic carbocycles. The third kappa shape index (κ3) is 4.19. The number of rotatable bonds is 4. The SMILES string of the molecule is CC1(C)CC(=O)c2cn(-c3ccc(F)cc3)c(=O)c(C(=O)NCc3ccccc3)c2C1. The number of benzene rings is 2. The molecule has 0 aliphatic heterocycles. The number of amides is 1. The van der Waals surface area contributed by atoms with Crippen LogP contribution >= 0.6 is 0 Å². The smallest absolute Gasteiger partial charge is 0.268 e. The van der Waals surface area contributed by atoms with Crippen LogP contribution in [-0.2, 0) is 13.0 Å². The van der Waals surface area contributed by atoms with Crippen molar-refractivity contribution >= 4 is 11.7 Å². The number of pyridine rings is 1. The van der Waals surface area contributed by atoms with E-state index in [4.69, 9.17) is 0 Å². The molecule has 0 saturated heterocycles. The Hall–Kier alpha value is -3.54. The zero-order valence-electron chi connectivity index (χ0n) is 17.4. The van der Waals surface area contributed by atoms with Crippen LogP contribution in [-0.4, -0.2) is 16.3 Å². The zero-order chi connectivity index (χ0) is 22.2. The number of nitrogens with zero attached hydrogens (tertiary/aromatic N) is 1. The van der Waals surface area contributed by atoms with Crippen LogP contribution < -0.4 is 10.9 Å². The van der Waals surface area contributed by atoms with Crippen molar-refractivity contribution in [2.75, 3.05) is 0 Å². The molecule has 31 heavy (non-hydrogen) atoms. The summed E-state index contributed by atoms with van der Waals surface area (Å²) in [6.45, 7) is 4.16. The minimum atomic E-state index is -0.526. The van der Waals surface area contributed by atoms with Crippen LogP contribution in [0.4, 0.5) is 4.39 Å². The fourth-order valence-corrected chi connectivity index (χ4v) is 4.04. The lowest BCUT2D eigenvalue weighted by atomic mass is 9.73. The van der Waals surface area contributed by atoms with Gasteiger partial charge in [0, 0.05) is 30.4 Å². The molecule has 1 aliphatic rings. The highest BCUT2D eigenvalue weighted by Crippen LogP contribution is 2.35. The van der Waals surface area contributed by atoms with Crippen molar-refractivity contribution in [3.63, 3.8) is 0 Å². The number of hydrogen-bond acceptors (Lipinski definition) is 3. The fraction of sp³-hybridized carbons (Fsp3) is 0.240. The molecular weight excluding hydrogens is 395 g/mol. The van der Waals surface area contributed by atoms with Gasteiger partial charge in [-0.15, -0.1) is 0 Å². The summed E-state index contributed by atoms with van der Waals surface area (Å²) >= 11 is 0. The molecule has 158 valence electrons. The molecule has 0 fully saturated rings. The fourth-order valence-electron chi connectivity index (χ4n) is 4.04. The maximum atomic E-state index is 13.4. The summed E-state index contributed by atoms with van der Waals surface area (Å²) < 4.78 is 14.6. The molecule has 4 rings (SSSR count). The molecular formula is C25H23FN2O3. The standard InChI is InChI=1S/C25H23FN2O3/c1-25(2)12-19-20(21(29)13-25)15-28(18-10-8-17(26)9-11-18)24(31)22(19)23(30)27-14-16-6-4-3-5-7-16/h3-11,15H,12-14H2,1-2H3,(H,27,30). The molecule has 5 nitrogen and oxygen atoms in total. The summed E-state index contributed by atoms with van der Waals surface area (Å²) in [5.41, 5.74) is 1.23. The Morgan fingerprint density at radius 1 is 1.03 bits per heavy atom. The van der Waals surface area contributed by atoms with E-state index in [1.54, 1.807) is 0 Å². The Bertz CT molecular complexity index is 1210. The number of hydrogen-bond donors (Lipinski definition) is 1. The number of aromatic nitrogens is 1. The monoisotopic (exact) mass is 418 g/mol. The number of halogens is 1. The Morgan fingerprint density at radius 2 is 1.71 bits per heavy atom. The highest BCUT2D eigenvalue weighted by atomic mass is 19.1. The van der Waals surface area contributed by atoms with E-state index >= 15 is 0 Å². The van der Waals surface area contributed by atoms with Crippen molar-refractivity contribution in [1.29, 1.82) is 0 Å². The number of carbonyl (C=O) groups excluding carboxylic acids is 2. The Morgan fingerprint density at radius 3 is 2.39 bits per heavy atom. The molecule has 0 unspecified atom stereocenters. The Labute approximate surface area is 179 Å². The van der Waals surface area contributed by atoms with Gasteiger partial charge >= 0.3 is 0 Å². The molecule has 0 saturated carbocycles. The minimum absolute atomic E-state index is 0.0288. The molecule has 1 aliphatic carbocycles. The first kappa shape index (κ1) is 20.7. The maximum absolute atomic E-state index is 13.4. The highest BCUT2D eigenvalue weighted by molar-refractivity contribution is 6.04. The summed E-state index contributed by atoms with van der Waals surface area (Å²) in [6, 6.07) is 14.8. The van der Waals surface area contributed by atoms with E-state index in [1.165, 1.54) is 35.0 Å². The molecule has 1 N–H and O–H groups in total. The van der Waals surface area contributed by atoms with E-state index in [-0.39, 0.29) is 23.3 Å². The van der Waals surface area contributed by atoms with E-state index in [0.29, 0.717) is 29.7 Å². The van der Waals surface area contributed by atoms with Crippen LogP contribution in [0.5, 0.6) is 0 Å². The zero-order valence-corrected chi connectivity index (χ0v) is 17.4. The molecule has 1 amide bonds. The second-order valence-electron chi connectivity index (χ2n) is 8.66. The van der Waals surface area contributed by atoms with Gasteiger partial charge in [-0.05, 0) is 47.2 Å². The first-order valence-electron chi connectivity index (χ1n) is 10.1. The largest absolute Gasteiger partial charge is 0.348 e. The van der Waals surface area contributed by atoms with Crippen LogP contribution in [0, 0.1) is 11.2 Å². The third-order valence-electron chi connectivity index (χ3n) is 5.54. The summed E-state index contributed by atoms with van der Waals surface area (Å²) in [6.07, 6.45) is 2.25. The van der Waals surface area contributed by atoms with Crippen LogP contribution in [0.1, 0.15) is 52.1 Å². The lowest BCUT2D eigenvalue weighted by Gasteiger charge is -2.31. The van der Waals surface area contributed by atoms with E-state index < -0.39 is 17.3 Å². The van der Waals surface area contributed by atoms with Gasteiger partial charge in [0.25, 0.3) is 11.5 Å². The van der Waals surface area contributed by atoms with Crippen molar-refractivity contribution in [2.24, 2.45) is 5.41 Å². The van der Waals surface area contributed by atoms with Gasteiger partial charge in [0.1, 0.15) is 11.4 Å². The topological polar surface area (TPSA) is 68.2 Å². The van der Waals surface area contributed by atoms with Crippen LogP contribution in [0.2, 0.25) is 0 Å². The predicted molar refractivity (Wildman–Crippen MR) is 116 cm³/mol.